The van der Waals surface area contributed by atoms with Gasteiger partial charge in [-0.15, -0.1) is 0 Å². The number of hydrogen-bond acceptors (Lipinski definition) is 2. The van der Waals surface area contributed by atoms with E-state index in [-0.39, 0.29) is 0 Å². The Morgan fingerprint density at radius 3 is 2.82 bits per heavy atom. The van der Waals surface area contributed by atoms with Gasteiger partial charge in [-0.3, -0.25) is 4.98 Å². The predicted molar refractivity (Wildman–Crippen MR) is 75.5 cm³/mol. The van der Waals surface area contributed by atoms with E-state index in [1.807, 2.05) is 43.3 Å². The Morgan fingerprint density at radius 1 is 1.29 bits per heavy atom. The average Bonchev–Trinajstić information content (AvgIpc) is 2.28. The van der Waals surface area contributed by atoms with Crippen LogP contribution in [0.15, 0.2) is 40.9 Å². The molecule has 1 aromatic heterocycles. The summed E-state index contributed by atoms with van der Waals surface area (Å²) in [6.07, 6.45) is 0. The normalized spacial score (nSPS) is 10.3. The lowest BCUT2D eigenvalue weighted by Gasteiger charge is -2.08. The summed E-state index contributed by atoms with van der Waals surface area (Å²) in [5, 5.41) is 3.97. The Kier molecular flexibility index (Phi) is 4.02. The van der Waals surface area contributed by atoms with Crippen LogP contribution in [0.4, 0.5) is 5.69 Å². The summed E-state index contributed by atoms with van der Waals surface area (Å²) < 4.78 is 0.974. The van der Waals surface area contributed by atoms with Crippen molar-refractivity contribution in [3.63, 3.8) is 0 Å². The number of nitrogens with zero attached hydrogens (tertiary/aromatic N) is 1. The van der Waals surface area contributed by atoms with Crippen LogP contribution >= 0.6 is 27.5 Å². The topological polar surface area (TPSA) is 24.9 Å². The monoisotopic (exact) mass is 310 g/mol. The number of nitrogens with one attached hydrogen (secondary N) is 1. The molecule has 0 aliphatic rings. The molecule has 88 valence electrons. The standard InChI is InChI=1S/C13H12BrClN2/c1-9-3-2-4-11(17-9)8-16-13-6-5-10(14)7-12(13)15/h2-7,16H,8H2,1H3. The van der Waals surface area contributed by atoms with E-state index in [4.69, 9.17) is 11.6 Å². The molecule has 17 heavy (non-hydrogen) atoms. The highest BCUT2D eigenvalue weighted by molar-refractivity contribution is 9.10. The van der Waals surface area contributed by atoms with E-state index in [1.54, 1.807) is 0 Å². The first kappa shape index (κ1) is 12.4. The van der Waals surface area contributed by atoms with Gasteiger partial charge in [0.25, 0.3) is 0 Å². The number of aromatic nitrogens is 1. The van der Waals surface area contributed by atoms with E-state index in [0.717, 1.165) is 21.5 Å². The van der Waals surface area contributed by atoms with E-state index in [2.05, 4.69) is 26.2 Å². The number of aryl methyl sites for hydroxylation is 1. The van der Waals surface area contributed by atoms with Crippen molar-refractivity contribution < 1.29 is 0 Å². The van der Waals surface area contributed by atoms with Crippen LogP contribution in [-0.4, -0.2) is 4.98 Å². The second-order valence-corrected chi connectivity index (χ2v) is 5.07. The van der Waals surface area contributed by atoms with Crippen molar-refractivity contribution in [2.45, 2.75) is 13.5 Å². The van der Waals surface area contributed by atoms with Crippen LogP contribution in [0, 0.1) is 6.92 Å². The van der Waals surface area contributed by atoms with Gasteiger partial charge in [-0.1, -0.05) is 33.6 Å². The fourth-order valence-electron chi connectivity index (χ4n) is 1.52. The zero-order chi connectivity index (χ0) is 12.3. The minimum atomic E-state index is 0.670. The number of rotatable bonds is 3. The van der Waals surface area contributed by atoms with Gasteiger partial charge in [-0.2, -0.15) is 0 Å². The third-order valence-corrected chi connectivity index (χ3v) is 3.14. The first-order valence-corrected chi connectivity index (χ1v) is 6.44. The minimum Gasteiger partial charge on any atom is -0.378 e. The van der Waals surface area contributed by atoms with E-state index in [0.29, 0.717) is 11.6 Å². The summed E-state index contributed by atoms with van der Waals surface area (Å²) in [6, 6.07) is 11.7. The Balaban J connectivity index is 2.07. The summed E-state index contributed by atoms with van der Waals surface area (Å²) in [7, 11) is 0. The van der Waals surface area contributed by atoms with Crippen LogP contribution < -0.4 is 5.32 Å². The van der Waals surface area contributed by atoms with Crippen molar-refractivity contribution >= 4 is 33.2 Å². The molecule has 0 aliphatic carbocycles. The maximum Gasteiger partial charge on any atom is 0.0648 e. The van der Waals surface area contributed by atoms with Crippen LogP contribution in [-0.2, 0) is 6.54 Å². The number of pyridine rings is 1. The number of hydrogen-bond donors (Lipinski definition) is 1. The Labute approximate surface area is 114 Å². The Morgan fingerprint density at radius 2 is 2.12 bits per heavy atom. The van der Waals surface area contributed by atoms with E-state index >= 15 is 0 Å². The maximum absolute atomic E-state index is 6.11. The number of benzene rings is 1. The highest BCUT2D eigenvalue weighted by Gasteiger charge is 2.01. The SMILES string of the molecule is Cc1cccc(CNc2ccc(Br)cc2Cl)n1. The lowest BCUT2D eigenvalue weighted by atomic mass is 10.3. The molecule has 0 spiro atoms. The molecule has 0 atom stereocenters. The molecule has 0 saturated carbocycles. The molecule has 2 aromatic rings. The predicted octanol–water partition coefficient (Wildman–Crippen LogP) is 4.42. The third-order valence-electron chi connectivity index (χ3n) is 2.34. The molecule has 0 unspecified atom stereocenters. The number of anilines is 1. The Bertz CT molecular complexity index is 529. The number of halogens is 2. The van der Waals surface area contributed by atoms with Crippen LogP contribution in [0.1, 0.15) is 11.4 Å². The van der Waals surface area contributed by atoms with Crippen molar-refractivity contribution in [3.8, 4) is 0 Å². The molecule has 1 N–H and O–H groups in total. The van der Waals surface area contributed by atoms with Gasteiger partial charge in [-0.05, 0) is 37.3 Å². The molecular weight excluding hydrogens is 300 g/mol. The van der Waals surface area contributed by atoms with Gasteiger partial charge in [0.2, 0.25) is 0 Å². The van der Waals surface area contributed by atoms with Crippen molar-refractivity contribution in [1.82, 2.24) is 4.98 Å². The van der Waals surface area contributed by atoms with E-state index in [9.17, 15) is 0 Å². The fraction of sp³-hybridized carbons (Fsp3) is 0.154. The molecule has 0 aliphatic heterocycles. The van der Waals surface area contributed by atoms with Crippen LogP contribution in [0.5, 0.6) is 0 Å². The summed E-state index contributed by atoms with van der Waals surface area (Å²) in [5.74, 6) is 0. The fourth-order valence-corrected chi connectivity index (χ4v) is 2.26. The maximum atomic E-state index is 6.11. The van der Waals surface area contributed by atoms with Gasteiger partial charge in [0.05, 0.1) is 22.9 Å². The van der Waals surface area contributed by atoms with Gasteiger partial charge < -0.3 is 5.32 Å². The smallest absolute Gasteiger partial charge is 0.0648 e. The van der Waals surface area contributed by atoms with Crippen LogP contribution in [0.25, 0.3) is 0 Å². The quantitative estimate of drug-likeness (QED) is 0.907. The van der Waals surface area contributed by atoms with Gasteiger partial charge >= 0.3 is 0 Å². The average molecular weight is 312 g/mol. The van der Waals surface area contributed by atoms with Crippen molar-refractivity contribution in [1.29, 1.82) is 0 Å². The Hall–Kier alpha value is -1.06. The van der Waals surface area contributed by atoms with Gasteiger partial charge in [-0.25, -0.2) is 0 Å². The zero-order valence-corrected chi connectivity index (χ0v) is 11.7. The first-order valence-electron chi connectivity index (χ1n) is 5.26. The molecular formula is C13H12BrClN2. The molecule has 4 heteroatoms. The molecule has 0 bridgehead atoms. The van der Waals surface area contributed by atoms with Gasteiger partial charge in [0.15, 0.2) is 0 Å². The molecule has 1 heterocycles. The largest absolute Gasteiger partial charge is 0.378 e. The lowest BCUT2D eigenvalue weighted by Crippen LogP contribution is -2.02. The minimum absolute atomic E-state index is 0.670. The van der Waals surface area contributed by atoms with E-state index in [1.165, 1.54) is 0 Å². The van der Waals surface area contributed by atoms with Crippen molar-refractivity contribution in [2.75, 3.05) is 5.32 Å². The van der Waals surface area contributed by atoms with E-state index < -0.39 is 0 Å². The highest BCUT2D eigenvalue weighted by atomic mass is 79.9. The zero-order valence-electron chi connectivity index (χ0n) is 9.37. The van der Waals surface area contributed by atoms with Crippen LogP contribution in [0.2, 0.25) is 5.02 Å². The molecule has 0 radical (unpaired) electrons. The second kappa shape index (κ2) is 5.52. The second-order valence-electron chi connectivity index (χ2n) is 3.75. The molecule has 1 aromatic carbocycles. The molecule has 2 nitrogen and oxygen atoms in total. The summed E-state index contributed by atoms with van der Waals surface area (Å²) >= 11 is 9.49. The molecule has 0 amide bonds. The van der Waals surface area contributed by atoms with Crippen LogP contribution in [0.3, 0.4) is 0 Å². The summed E-state index contributed by atoms with van der Waals surface area (Å²) in [5.41, 5.74) is 2.94. The highest BCUT2D eigenvalue weighted by Crippen LogP contribution is 2.25. The van der Waals surface area contributed by atoms with Gasteiger partial charge in [0, 0.05) is 10.2 Å². The summed E-state index contributed by atoms with van der Waals surface area (Å²) in [6.45, 7) is 2.65. The van der Waals surface area contributed by atoms with Gasteiger partial charge in [0.1, 0.15) is 0 Å². The molecule has 0 fully saturated rings. The van der Waals surface area contributed by atoms with Crippen molar-refractivity contribution in [2.24, 2.45) is 0 Å². The van der Waals surface area contributed by atoms with Crippen molar-refractivity contribution in [3.05, 3.63) is 57.3 Å². The third kappa shape index (κ3) is 3.45. The molecule has 2 rings (SSSR count). The lowest BCUT2D eigenvalue weighted by molar-refractivity contribution is 1.02. The molecule has 0 saturated heterocycles. The first-order chi connectivity index (χ1) is 8.15. The summed E-state index contributed by atoms with van der Waals surface area (Å²) in [4.78, 5) is 4.42.